The molecule has 0 aromatic heterocycles. The minimum Gasteiger partial charge on any atom is -0.394 e. The lowest BCUT2D eigenvalue weighted by Gasteiger charge is -2.27. The molecule has 0 aliphatic rings. The Kier molecular flexibility index (Phi) is 50.3. The Morgan fingerprint density at radius 2 is 0.667 bits per heavy atom. The predicted octanol–water partition coefficient (Wildman–Crippen LogP) is 16.0. The maximum atomic E-state index is 12.6. The third kappa shape index (κ3) is 45.5. The first-order chi connectivity index (χ1) is 31.0. The Morgan fingerprint density at radius 3 is 1.00 bits per heavy atom. The summed E-state index contributed by atoms with van der Waals surface area (Å²) in [6.45, 7) is 4.06. The molecule has 63 heavy (non-hydrogen) atoms. The van der Waals surface area contributed by atoms with Crippen molar-refractivity contribution >= 4 is 5.91 Å². The molecule has 0 aromatic rings. The van der Waals surface area contributed by atoms with E-state index in [-0.39, 0.29) is 0 Å². The lowest BCUT2D eigenvalue weighted by molar-refractivity contribution is -0.132. The van der Waals surface area contributed by atoms with E-state index in [1.54, 1.807) is 0 Å². The lowest BCUT2D eigenvalue weighted by Crippen LogP contribution is -2.53. The number of carbonyl (C=O) groups excluding carboxylic acids is 1. The van der Waals surface area contributed by atoms with Crippen LogP contribution in [0.15, 0.2) is 36.5 Å². The van der Waals surface area contributed by atoms with Crippen molar-refractivity contribution in [2.75, 3.05) is 6.61 Å². The number of rotatable bonds is 51. The zero-order valence-electron chi connectivity index (χ0n) is 42.1. The molecule has 6 nitrogen and oxygen atoms in total. The van der Waals surface area contributed by atoms with Gasteiger partial charge < -0.3 is 25.7 Å². The first kappa shape index (κ1) is 61.5. The second-order valence-electron chi connectivity index (χ2n) is 19.3. The summed E-state index contributed by atoms with van der Waals surface area (Å²) < 4.78 is 0. The predicted molar refractivity (Wildman–Crippen MR) is 274 cm³/mol. The van der Waals surface area contributed by atoms with Gasteiger partial charge in [0.05, 0.1) is 18.8 Å². The maximum absolute atomic E-state index is 12.6. The van der Waals surface area contributed by atoms with Gasteiger partial charge in [-0.25, -0.2) is 0 Å². The van der Waals surface area contributed by atoms with Crippen LogP contribution in [0.3, 0.4) is 0 Å². The Balaban J connectivity index is 3.69. The van der Waals surface area contributed by atoms with E-state index < -0.39 is 36.9 Å². The molecule has 0 bridgehead atoms. The van der Waals surface area contributed by atoms with Crippen LogP contribution < -0.4 is 5.32 Å². The van der Waals surface area contributed by atoms with Crippen LogP contribution in [0.5, 0.6) is 0 Å². The van der Waals surface area contributed by atoms with E-state index in [0.717, 1.165) is 51.4 Å². The van der Waals surface area contributed by atoms with Crippen LogP contribution in [-0.2, 0) is 4.79 Å². The number of unbranched alkanes of at least 4 members (excludes halogenated alkanes) is 36. The van der Waals surface area contributed by atoms with Gasteiger partial charge in [0.15, 0.2) is 0 Å². The highest BCUT2D eigenvalue weighted by Crippen LogP contribution is 2.17. The zero-order valence-corrected chi connectivity index (χ0v) is 42.1. The van der Waals surface area contributed by atoms with E-state index in [9.17, 15) is 25.2 Å². The number of carbonyl (C=O) groups is 1. The van der Waals surface area contributed by atoms with Gasteiger partial charge in [-0.15, -0.1) is 0 Å². The average molecular weight is 889 g/mol. The fraction of sp³-hybridized carbons (Fsp3) is 0.877. The van der Waals surface area contributed by atoms with Crippen LogP contribution >= 0.6 is 0 Å². The molecule has 0 spiro atoms. The minimum absolute atomic E-state index is 0.353. The van der Waals surface area contributed by atoms with E-state index in [2.05, 4.69) is 55.6 Å². The van der Waals surface area contributed by atoms with Gasteiger partial charge in [0.25, 0.3) is 0 Å². The van der Waals surface area contributed by atoms with Crippen molar-refractivity contribution in [3.63, 3.8) is 0 Å². The molecular formula is C57H109NO5. The summed E-state index contributed by atoms with van der Waals surface area (Å²) in [5, 5.41) is 43.9. The maximum Gasteiger partial charge on any atom is 0.249 e. The number of hydrogen-bond acceptors (Lipinski definition) is 5. The standard InChI is InChI=1S/C57H109NO5/c1-3-5-7-9-11-13-15-17-19-21-23-24-25-26-27-28-29-30-31-33-34-36-38-40-42-44-46-48-50-54(60)56(62)53(52-59)58-57(63)55(61)51-49-47-45-43-41-39-37-35-32-22-20-18-16-14-12-10-8-6-4-2/h32,34-36,42,44,53-56,59-62H,3-31,33,37-41,43,45-52H2,1-2H3,(H,58,63)/b35-32-,36-34+,44-42+. The van der Waals surface area contributed by atoms with Crippen LogP contribution in [-0.4, -0.2) is 57.3 Å². The van der Waals surface area contributed by atoms with E-state index in [4.69, 9.17) is 0 Å². The lowest BCUT2D eigenvalue weighted by atomic mass is 10.00. The summed E-state index contributed by atoms with van der Waals surface area (Å²) in [7, 11) is 0. The number of nitrogens with one attached hydrogen (secondary N) is 1. The molecule has 5 N–H and O–H groups in total. The fourth-order valence-corrected chi connectivity index (χ4v) is 8.65. The van der Waals surface area contributed by atoms with Crippen molar-refractivity contribution in [3.05, 3.63) is 36.5 Å². The van der Waals surface area contributed by atoms with Gasteiger partial charge in [0.1, 0.15) is 12.2 Å². The van der Waals surface area contributed by atoms with Crippen LogP contribution in [0.4, 0.5) is 0 Å². The smallest absolute Gasteiger partial charge is 0.249 e. The molecule has 1 amide bonds. The van der Waals surface area contributed by atoms with E-state index >= 15 is 0 Å². The number of hydrogen-bond donors (Lipinski definition) is 5. The Hall–Kier alpha value is -1.47. The van der Waals surface area contributed by atoms with Gasteiger partial charge in [-0.2, -0.15) is 0 Å². The van der Waals surface area contributed by atoms with Gasteiger partial charge >= 0.3 is 0 Å². The third-order valence-electron chi connectivity index (χ3n) is 13.1. The second kappa shape index (κ2) is 51.5. The van der Waals surface area contributed by atoms with Crippen molar-refractivity contribution in [2.45, 2.75) is 314 Å². The molecule has 0 heterocycles. The van der Waals surface area contributed by atoms with Crippen molar-refractivity contribution < 1.29 is 25.2 Å². The molecule has 0 aliphatic carbocycles. The summed E-state index contributed by atoms with van der Waals surface area (Å²) >= 11 is 0. The fourth-order valence-electron chi connectivity index (χ4n) is 8.65. The van der Waals surface area contributed by atoms with Gasteiger partial charge in [-0.3, -0.25) is 4.79 Å². The molecule has 4 atom stereocenters. The molecule has 0 fully saturated rings. The number of aliphatic hydroxyl groups excluding tert-OH is 4. The van der Waals surface area contributed by atoms with Gasteiger partial charge in [0.2, 0.25) is 5.91 Å². The van der Waals surface area contributed by atoms with Crippen LogP contribution in [0, 0.1) is 0 Å². The molecule has 6 heteroatoms. The summed E-state index contributed by atoms with van der Waals surface area (Å²) in [5.74, 6) is -0.600. The number of aliphatic hydroxyl groups is 4. The van der Waals surface area contributed by atoms with Gasteiger partial charge in [-0.1, -0.05) is 249 Å². The Bertz CT molecular complexity index is 997. The van der Waals surface area contributed by atoms with Crippen molar-refractivity contribution in [2.24, 2.45) is 0 Å². The summed E-state index contributed by atoms with van der Waals surface area (Å²) in [4.78, 5) is 12.6. The molecule has 0 aromatic carbocycles. The van der Waals surface area contributed by atoms with E-state index in [0.29, 0.717) is 19.3 Å². The van der Waals surface area contributed by atoms with Crippen LogP contribution in [0.1, 0.15) is 290 Å². The summed E-state index contributed by atoms with van der Waals surface area (Å²) in [5.41, 5.74) is 0. The number of allylic oxidation sites excluding steroid dienone is 6. The Labute approximate surface area is 392 Å². The highest BCUT2D eigenvalue weighted by atomic mass is 16.3. The van der Waals surface area contributed by atoms with E-state index in [1.165, 1.54) is 205 Å². The average Bonchev–Trinajstić information content (AvgIpc) is 3.29. The summed E-state index contributed by atoms with van der Waals surface area (Å²) in [6.07, 6.45) is 63.6. The topological polar surface area (TPSA) is 110 Å². The molecule has 0 saturated carbocycles. The molecule has 0 rings (SSSR count). The summed E-state index contributed by atoms with van der Waals surface area (Å²) in [6, 6.07) is -1.01. The second-order valence-corrected chi connectivity index (χ2v) is 19.3. The molecule has 0 saturated heterocycles. The molecular weight excluding hydrogens is 779 g/mol. The molecule has 372 valence electrons. The molecule has 4 unspecified atom stereocenters. The third-order valence-corrected chi connectivity index (χ3v) is 13.1. The first-order valence-corrected chi connectivity index (χ1v) is 27.9. The van der Waals surface area contributed by atoms with Crippen LogP contribution in [0.25, 0.3) is 0 Å². The van der Waals surface area contributed by atoms with Gasteiger partial charge in [0, 0.05) is 0 Å². The quantitative estimate of drug-likeness (QED) is 0.0309. The SMILES string of the molecule is CCCCCCCCCCC/C=C\CCCCCCCCC(O)C(=O)NC(CO)C(O)C(O)CCC/C=C/CC/C=C/CCCCCCCCCCCCCCCCCCCCC. The van der Waals surface area contributed by atoms with Crippen molar-refractivity contribution in [1.29, 1.82) is 0 Å². The zero-order chi connectivity index (χ0) is 45.9. The highest BCUT2D eigenvalue weighted by Gasteiger charge is 2.28. The van der Waals surface area contributed by atoms with Gasteiger partial charge in [-0.05, 0) is 77.0 Å². The number of amides is 1. The molecule has 0 radical (unpaired) electrons. The Morgan fingerprint density at radius 1 is 0.381 bits per heavy atom. The first-order valence-electron chi connectivity index (χ1n) is 27.9. The normalized spacial score (nSPS) is 14.1. The largest absolute Gasteiger partial charge is 0.394 e. The van der Waals surface area contributed by atoms with E-state index in [1.807, 2.05) is 0 Å². The van der Waals surface area contributed by atoms with Crippen molar-refractivity contribution in [1.82, 2.24) is 5.32 Å². The van der Waals surface area contributed by atoms with Crippen LogP contribution in [0.2, 0.25) is 0 Å². The van der Waals surface area contributed by atoms with Crippen molar-refractivity contribution in [3.8, 4) is 0 Å². The minimum atomic E-state index is -1.29. The monoisotopic (exact) mass is 888 g/mol. The molecule has 0 aliphatic heterocycles. The highest BCUT2D eigenvalue weighted by molar-refractivity contribution is 5.80.